The van der Waals surface area contributed by atoms with E-state index in [1.807, 2.05) is 25.1 Å². The van der Waals surface area contributed by atoms with Crippen molar-refractivity contribution in [3.63, 3.8) is 0 Å². The van der Waals surface area contributed by atoms with E-state index in [1.165, 1.54) is 0 Å². The van der Waals surface area contributed by atoms with Crippen LogP contribution >= 0.6 is 39.5 Å². The Morgan fingerprint density at radius 1 is 1.17 bits per heavy atom. The number of nitrogens with zero attached hydrogens (tertiary/aromatic N) is 3. The maximum absolute atomic E-state index is 10.5. The highest BCUT2D eigenvalue weighted by atomic mass is 79.9. The number of rotatable bonds is 9. The second-order valence-electron chi connectivity index (χ2n) is 7.16. The van der Waals surface area contributed by atoms with Crippen molar-refractivity contribution in [2.75, 3.05) is 18.1 Å². The summed E-state index contributed by atoms with van der Waals surface area (Å²) in [5.74, 6) is 2.29. The van der Waals surface area contributed by atoms with Crippen LogP contribution in [0.25, 0.3) is 0 Å². The molecule has 1 aromatic carbocycles. The minimum atomic E-state index is -1.13. The lowest BCUT2D eigenvalue weighted by molar-refractivity contribution is 0.335. The normalized spacial score (nSPS) is 28.8. The van der Waals surface area contributed by atoms with Gasteiger partial charge in [-0.05, 0) is 49.5 Å². The Balaban J connectivity index is 2.22. The molecule has 154 valence electrons. The van der Waals surface area contributed by atoms with Crippen LogP contribution in [0.3, 0.4) is 0 Å². The van der Waals surface area contributed by atoms with Crippen LogP contribution in [0, 0.1) is 33.5 Å². The zero-order chi connectivity index (χ0) is 21.3. The number of ether oxygens (including phenoxy) is 1. The Labute approximate surface area is 189 Å². The van der Waals surface area contributed by atoms with Crippen LogP contribution in [0.4, 0.5) is 0 Å². The summed E-state index contributed by atoms with van der Waals surface area (Å²) in [6.45, 7) is 6.64. The maximum Gasteiger partial charge on any atom is 0.175 e. The number of aliphatic imine (C=N–C) groups is 1. The molecular formula is C21H25BrN4OS2. The van der Waals surface area contributed by atoms with Crippen LogP contribution in [0.1, 0.15) is 45.1 Å². The predicted molar refractivity (Wildman–Crippen MR) is 124 cm³/mol. The van der Waals surface area contributed by atoms with Crippen LogP contribution in [0.15, 0.2) is 27.7 Å². The Morgan fingerprint density at radius 2 is 1.83 bits per heavy atom. The van der Waals surface area contributed by atoms with Crippen molar-refractivity contribution in [3.8, 4) is 17.9 Å². The summed E-state index contributed by atoms with van der Waals surface area (Å²) in [5, 5.41) is 20.8. The monoisotopic (exact) mass is 492 g/mol. The quantitative estimate of drug-likeness (QED) is 0.471. The molecule has 0 aromatic heterocycles. The van der Waals surface area contributed by atoms with Crippen molar-refractivity contribution in [1.29, 1.82) is 10.5 Å². The van der Waals surface area contributed by atoms with Gasteiger partial charge in [-0.2, -0.15) is 10.5 Å². The van der Waals surface area contributed by atoms with Crippen molar-refractivity contribution in [2.24, 2.45) is 21.6 Å². The molecule has 2 aliphatic rings. The number of halogens is 1. The summed E-state index contributed by atoms with van der Waals surface area (Å²) in [5.41, 5.74) is 5.13. The van der Waals surface area contributed by atoms with Crippen molar-refractivity contribution in [2.45, 2.75) is 43.7 Å². The predicted octanol–water partition coefficient (Wildman–Crippen LogP) is 5.28. The van der Waals surface area contributed by atoms with Gasteiger partial charge in [-0.3, -0.25) is 0 Å². The first-order valence-electron chi connectivity index (χ1n) is 9.83. The first kappa shape index (κ1) is 22.3. The number of nitrogens with two attached hydrogens (primary N) is 1. The van der Waals surface area contributed by atoms with Crippen LogP contribution in [0.2, 0.25) is 0 Å². The van der Waals surface area contributed by atoms with E-state index >= 15 is 0 Å². The van der Waals surface area contributed by atoms with Gasteiger partial charge in [0.05, 0.1) is 18.7 Å². The van der Waals surface area contributed by atoms with Crippen LogP contribution < -0.4 is 10.5 Å². The Hall–Kier alpha value is -1.35. The third kappa shape index (κ3) is 2.99. The maximum atomic E-state index is 10.5. The number of nitriles is 2. The molecule has 0 amide bonds. The number of thioether (sulfide) groups is 2. The van der Waals surface area contributed by atoms with Gasteiger partial charge in [0.2, 0.25) is 0 Å². The molecule has 5 nitrogen and oxygen atoms in total. The summed E-state index contributed by atoms with van der Waals surface area (Å²) >= 11 is 6.84. The highest BCUT2D eigenvalue weighted by Crippen LogP contribution is 2.86. The van der Waals surface area contributed by atoms with Gasteiger partial charge in [0.15, 0.2) is 4.20 Å². The molecule has 8 heteroatoms. The van der Waals surface area contributed by atoms with Gasteiger partial charge in [-0.1, -0.05) is 29.8 Å². The molecule has 0 saturated heterocycles. The summed E-state index contributed by atoms with van der Waals surface area (Å²) in [6.07, 6.45) is 1.92. The van der Waals surface area contributed by atoms with Gasteiger partial charge in [0.25, 0.3) is 0 Å². The Bertz CT molecular complexity index is 901. The topological polar surface area (TPSA) is 95.2 Å². The molecule has 3 unspecified atom stereocenters. The summed E-state index contributed by atoms with van der Waals surface area (Å²) < 4.78 is 5.96. The van der Waals surface area contributed by atoms with E-state index < -0.39 is 15.0 Å². The molecule has 1 heterocycles. The summed E-state index contributed by atoms with van der Waals surface area (Å²) in [4.78, 5) is 4.81. The third-order valence-corrected chi connectivity index (χ3v) is 9.55. The van der Waals surface area contributed by atoms with Crippen molar-refractivity contribution in [1.82, 2.24) is 0 Å². The molecule has 2 N–H and O–H groups in total. The fraction of sp³-hybridized carbons (Fsp3) is 0.571. The number of benzene rings is 1. The van der Waals surface area contributed by atoms with Crippen molar-refractivity contribution < 1.29 is 4.74 Å². The fourth-order valence-corrected chi connectivity index (χ4v) is 7.94. The third-order valence-electron chi connectivity index (χ3n) is 5.51. The van der Waals surface area contributed by atoms with E-state index in [4.69, 9.17) is 15.5 Å². The highest BCUT2D eigenvalue weighted by Gasteiger charge is 2.92. The molecule has 0 radical (unpaired) electrons. The number of amidine groups is 1. The average molecular weight is 493 g/mol. The fourth-order valence-electron chi connectivity index (χ4n) is 4.34. The number of fused-ring (bicyclic) bond motifs is 1. The van der Waals surface area contributed by atoms with Gasteiger partial charge in [-0.25, -0.2) is 4.99 Å². The second-order valence-corrected chi connectivity index (χ2v) is 10.9. The summed E-state index contributed by atoms with van der Waals surface area (Å²) in [6, 6.07) is 10.7. The van der Waals surface area contributed by atoms with E-state index in [2.05, 4.69) is 41.9 Å². The molecule has 0 spiro atoms. The summed E-state index contributed by atoms with van der Waals surface area (Å²) in [7, 11) is 0. The second kappa shape index (κ2) is 8.41. The molecule has 1 saturated carbocycles. The molecule has 3 rings (SSSR count). The molecule has 1 fully saturated rings. The lowest BCUT2D eigenvalue weighted by Crippen LogP contribution is -2.32. The highest BCUT2D eigenvalue weighted by molar-refractivity contribution is 9.10. The molecule has 1 aromatic rings. The standard InChI is InChI=1S/C21H25BrN4OS2/c1-4-9-28-21(29-10-5-2)20(13-24)17(19(20,12-23)18(25)26-21)15-11-14(22)7-8-16(15)27-6-3/h7-8,11,17H,4-6,9-10H2,1-3H3,(H2,25,26). The van der Waals surface area contributed by atoms with Gasteiger partial charge in [-0.15, -0.1) is 23.5 Å². The van der Waals surface area contributed by atoms with Gasteiger partial charge < -0.3 is 10.5 Å². The average Bonchev–Trinajstić information content (AvgIpc) is 3.29. The first-order valence-corrected chi connectivity index (χ1v) is 12.6. The largest absolute Gasteiger partial charge is 0.494 e. The van der Waals surface area contributed by atoms with Crippen LogP contribution in [0.5, 0.6) is 5.75 Å². The first-order chi connectivity index (χ1) is 13.9. The lowest BCUT2D eigenvalue weighted by Gasteiger charge is -2.32. The molecule has 3 atom stereocenters. The molecule has 1 aliphatic heterocycles. The van der Waals surface area contributed by atoms with Gasteiger partial charge >= 0.3 is 0 Å². The Morgan fingerprint density at radius 3 is 2.34 bits per heavy atom. The smallest absolute Gasteiger partial charge is 0.175 e. The van der Waals surface area contributed by atoms with E-state index in [0.29, 0.717) is 12.4 Å². The molecule has 29 heavy (non-hydrogen) atoms. The van der Waals surface area contributed by atoms with Gasteiger partial charge in [0.1, 0.15) is 22.4 Å². The Kier molecular flexibility index (Phi) is 6.48. The van der Waals surface area contributed by atoms with Crippen molar-refractivity contribution >= 4 is 45.3 Å². The molecule has 0 bridgehead atoms. The van der Waals surface area contributed by atoms with Crippen LogP contribution in [-0.2, 0) is 0 Å². The zero-order valence-electron chi connectivity index (χ0n) is 16.9. The van der Waals surface area contributed by atoms with E-state index in [1.54, 1.807) is 23.5 Å². The zero-order valence-corrected chi connectivity index (χ0v) is 20.1. The van der Waals surface area contributed by atoms with E-state index in [9.17, 15) is 10.5 Å². The molecule has 1 aliphatic carbocycles. The van der Waals surface area contributed by atoms with Gasteiger partial charge in [0, 0.05) is 16.0 Å². The number of hydrogen-bond acceptors (Lipinski definition) is 7. The minimum absolute atomic E-state index is 0.279. The lowest BCUT2D eigenvalue weighted by atomic mass is 9.97. The van der Waals surface area contributed by atoms with E-state index in [0.717, 1.165) is 34.4 Å². The van der Waals surface area contributed by atoms with E-state index in [-0.39, 0.29) is 11.8 Å². The minimum Gasteiger partial charge on any atom is -0.494 e. The SMILES string of the molecule is CCCSC1(SCCC)N=C(N)C2(C#N)C(c3cc(Br)ccc3OCC)C12C#N. The number of hydrogen-bond donors (Lipinski definition) is 1. The molecular weight excluding hydrogens is 468 g/mol. The van der Waals surface area contributed by atoms with Crippen molar-refractivity contribution in [3.05, 3.63) is 28.2 Å². The van der Waals surface area contributed by atoms with Crippen LogP contribution in [-0.4, -0.2) is 28.2 Å².